The number of hydrogen-bond acceptors (Lipinski definition) is 2. The van der Waals surface area contributed by atoms with E-state index >= 15 is 0 Å². The number of carbonyl (C=O) groups is 2. The maximum absolute atomic E-state index is 12.4. The molecule has 0 spiro atoms. The topological polar surface area (TPSA) is 74.6 Å². The molecule has 0 amide bonds. The Morgan fingerprint density at radius 1 is 0.864 bits per heavy atom. The van der Waals surface area contributed by atoms with E-state index in [9.17, 15) is 18.4 Å². The van der Waals surface area contributed by atoms with Crippen LogP contribution in [0.2, 0.25) is 10.0 Å². The van der Waals surface area contributed by atoms with E-state index in [1.807, 2.05) is 0 Å². The maximum Gasteiger partial charge on any atom is 0.337 e. The quantitative estimate of drug-likeness (QED) is 0.845. The second kappa shape index (κ2) is 7.72. The smallest absolute Gasteiger partial charge is 0.337 e. The summed E-state index contributed by atoms with van der Waals surface area (Å²) in [5.41, 5.74) is -0.107. The fraction of sp³-hybridized carbons (Fsp3) is 0. The molecular weight excluding hydrogens is 341 g/mol. The van der Waals surface area contributed by atoms with E-state index in [0.29, 0.717) is 0 Å². The van der Waals surface area contributed by atoms with E-state index < -0.39 is 23.6 Å². The predicted octanol–water partition coefficient (Wildman–Crippen LogP) is 4.35. The number of benzene rings is 2. The van der Waals surface area contributed by atoms with Gasteiger partial charge in [0.1, 0.15) is 11.6 Å². The van der Waals surface area contributed by atoms with Gasteiger partial charge in [0.15, 0.2) is 0 Å². The Morgan fingerprint density at radius 3 is 1.95 bits per heavy atom. The second-order valence-electron chi connectivity index (χ2n) is 3.86. The maximum atomic E-state index is 12.4. The molecule has 0 fully saturated rings. The van der Waals surface area contributed by atoms with Gasteiger partial charge in [0.05, 0.1) is 21.2 Å². The average Bonchev–Trinajstić information content (AvgIpc) is 2.41. The monoisotopic (exact) mass is 348 g/mol. The summed E-state index contributed by atoms with van der Waals surface area (Å²) in [6.45, 7) is 0. The molecule has 0 atom stereocenters. The van der Waals surface area contributed by atoms with Gasteiger partial charge in [-0.1, -0.05) is 23.2 Å². The lowest BCUT2D eigenvalue weighted by atomic mass is 10.2. The van der Waals surface area contributed by atoms with Crippen molar-refractivity contribution in [1.82, 2.24) is 0 Å². The Labute approximate surface area is 133 Å². The number of aromatic carboxylic acids is 2. The van der Waals surface area contributed by atoms with Crippen molar-refractivity contribution in [3.63, 3.8) is 0 Å². The molecule has 116 valence electrons. The summed E-state index contributed by atoms with van der Waals surface area (Å²) >= 11 is 10.7. The van der Waals surface area contributed by atoms with Crippen LogP contribution in [0, 0.1) is 11.6 Å². The second-order valence-corrected chi connectivity index (χ2v) is 4.68. The van der Waals surface area contributed by atoms with Crippen LogP contribution in [0.3, 0.4) is 0 Å². The lowest BCUT2D eigenvalue weighted by Gasteiger charge is -1.96. The number of halogens is 4. The zero-order chi connectivity index (χ0) is 16.9. The van der Waals surface area contributed by atoms with Gasteiger partial charge in [0, 0.05) is 0 Å². The lowest BCUT2D eigenvalue weighted by molar-refractivity contribution is 0.0686. The third kappa shape index (κ3) is 4.98. The molecule has 0 radical (unpaired) electrons. The molecule has 0 aliphatic rings. The van der Waals surface area contributed by atoms with Crippen LogP contribution in [0.1, 0.15) is 20.7 Å². The van der Waals surface area contributed by atoms with Crippen molar-refractivity contribution in [2.75, 3.05) is 0 Å². The minimum atomic E-state index is -1.16. The molecule has 2 aromatic rings. The molecule has 0 saturated heterocycles. The van der Waals surface area contributed by atoms with Gasteiger partial charge >= 0.3 is 11.9 Å². The standard InChI is InChI=1S/2C7H4ClFO2/c8-5-3-4(7(10)11)1-2-6(5)9;8-6-3-4(9)1-2-5(6)7(10)11/h2*1-3H,(H,10,11). The van der Waals surface area contributed by atoms with E-state index in [1.165, 1.54) is 0 Å². The molecule has 8 heteroatoms. The van der Waals surface area contributed by atoms with E-state index in [4.69, 9.17) is 33.4 Å². The summed E-state index contributed by atoms with van der Waals surface area (Å²) in [4.78, 5) is 20.6. The molecule has 0 saturated carbocycles. The largest absolute Gasteiger partial charge is 0.478 e. The lowest BCUT2D eigenvalue weighted by Crippen LogP contribution is -1.96. The molecular formula is C14H8Cl2F2O4. The van der Waals surface area contributed by atoms with Gasteiger partial charge in [-0.05, 0) is 36.4 Å². The highest BCUT2D eigenvalue weighted by atomic mass is 35.5. The van der Waals surface area contributed by atoms with Crippen molar-refractivity contribution in [1.29, 1.82) is 0 Å². The zero-order valence-corrected chi connectivity index (χ0v) is 12.2. The zero-order valence-electron chi connectivity index (χ0n) is 10.7. The highest BCUT2D eigenvalue weighted by Gasteiger charge is 2.08. The molecule has 0 aliphatic carbocycles. The summed E-state index contributed by atoms with van der Waals surface area (Å²) in [5, 5.41) is 16.6. The van der Waals surface area contributed by atoms with Gasteiger partial charge in [-0.3, -0.25) is 0 Å². The van der Waals surface area contributed by atoms with Crippen LogP contribution in [-0.4, -0.2) is 22.2 Å². The van der Waals surface area contributed by atoms with E-state index in [-0.39, 0.29) is 21.2 Å². The Kier molecular flexibility index (Phi) is 6.27. The normalized spacial score (nSPS) is 9.64. The van der Waals surface area contributed by atoms with Gasteiger partial charge in [-0.15, -0.1) is 0 Å². The summed E-state index contributed by atoms with van der Waals surface area (Å²) in [7, 11) is 0. The van der Waals surface area contributed by atoms with Crippen LogP contribution in [0.4, 0.5) is 8.78 Å². The average molecular weight is 349 g/mol. The summed E-state index contributed by atoms with van der Waals surface area (Å²) in [6.07, 6.45) is 0. The minimum Gasteiger partial charge on any atom is -0.478 e. The molecule has 0 aromatic heterocycles. The van der Waals surface area contributed by atoms with Crippen molar-refractivity contribution >= 4 is 35.1 Å². The highest BCUT2D eigenvalue weighted by molar-refractivity contribution is 6.33. The van der Waals surface area contributed by atoms with Crippen molar-refractivity contribution in [2.45, 2.75) is 0 Å². The molecule has 4 nitrogen and oxygen atoms in total. The first-order valence-corrected chi connectivity index (χ1v) is 6.34. The van der Waals surface area contributed by atoms with Crippen LogP contribution >= 0.6 is 23.2 Å². The molecule has 2 aromatic carbocycles. The van der Waals surface area contributed by atoms with Crippen molar-refractivity contribution in [3.05, 3.63) is 69.2 Å². The molecule has 2 N–H and O–H groups in total. The third-order valence-corrected chi connectivity index (χ3v) is 2.93. The highest BCUT2D eigenvalue weighted by Crippen LogP contribution is 2.17. The van der Waals surface area contributed by atoms with E-state index in [0.717, 1.165) is 36.4 Å². The van der Waals surface area contributed by atoms with Crippen LogP contribution in [0.25, 0.3) is 0 Å². The third-order valence-electron chi connectivity index (χ3n) is 2.33. The summed E-state index contributed by atoms with van der Waals surface area (Å²) in [5.74, 6) is -3.43. The Balaban J connectivity index is 0.000000220. The molecule has 2 rings (SSSR count). The molecule has 0 unspecified atom stereocenters. The van der Waals surface area contributed by atoms with Gasteiger partial charge in [0.2, 0.25) is 0 Å². The van der Waals surface area contributed by atoms with Crippen molar-refractivity contribution in [2.24, 2.45) is 0 Å². The minimum absolute atomic E-state index is 0.0172. The predicted molar refractivity (Wildman–Crippen MR) is 76.7 cm³/mol. The first kappa shape index (κ1) is 17.9. The van der Waals surface area contributed by atoms with Crippen molar-refractivity contribution in [3.8, 4) is 0 Å². The fourth-order valence-corrected chi connectivity index (χ4v) is 1.72. The Hall–Kier alpha value is -2.18. The molecule has 22 heavy (non-hydrogen) atoms. The van der Waals surface area contributed by atoms with Crippen molar-refractivity contribution < 1.29 is 28.6 Å². The number of rotatable bonds is 2. The van der Waals surface area contributed by atoms with Gasteiger partial charge in [-0.2, -0.15) is 0 Å². The number of hydrogen-bond donors (Lipinski definition) is 2. The Bertz CT molecular complexity index is 720. The van der Waals surface area contributed by atoms with E-state index in [1.54, 1.807) is 0 Å². The van der Waals surface area contributed by atoms with Gasteiger partial charge in [0.25, 0.3) is 0 Å². The first-order chi connectivity index (χ1) is 10.2. The molecule has 0 heterocycles. The first-order valence-electron chi connectivity index (χ1n) is 5.59. The fourth-order valence-electron chi connectivity index (χ4n) is 1.29. The van der Waals surface area contributed by atoms with Gasteiger partial charge in [-0.25, -0.2) is 18.4 Å². The van der Waals surface area contributed by atoms with E-state index in [2.05, 4.69) is 0 Å². The van der Waals surface area contributed by atoms with Crippen LogP contribution in [0.5, 0.6) is 0 Å². The summed E-state index contributed by atoms with van der Waals surface area (Å²) in [6, 6.07) is 6.38. The summed E-state index contributed by atoms with van der Waals surface area (Å²) < 4.78 is 24.8. The van der Waals surface area contributed by atoms with Crippen LogP contribution in [0.15, 0.2) is 36.4 Å². The molecule has 0 aliphatic heterocycles. The number of carboxylic acids is 2. The molecule has 0 bridgehead atoms. The van der Waals surface area contributed by atoms with Crippen LogP contribution in [-0.2, 0) is 0 Å². The SMILES string of the molecule is O=C(O)c1ccc(F)c(Cl)c1.O=C(O)c1ccc(F)cc1Cl. The van der Waals surface area contributed by atoms with Gasteiger partial charge < -0.3 is 10.2 Å². The number of carboxylic acid groups (broad SMARTS) is 2. The Morgan fingerprint density at radius 2 is 1.50 bits per heavy atom. The van der Waals surface area contributed by atoms with Crippen LogP contribution < -0.4 is 0 Å².